The van der Waals surface area contributed by atoms with Gasteiger partial charge in [-0.1, -0.05) is 0 Å². The van der Waals surface area contributed by atoms with Gasteiger partial charge in [-0.05, 0) is 44.6 Å². The van der Waals surface area contributed by atoms with E-state index in [1.807, 2.05) is 22.6 Å². The van der Waals surface area contributed by atoms with Gasteiger partial charge in [0.2, 0.25) is 11.5 Å². The molecule has 130 valence electrons. The largest absolute Gasteiger partial charge is 0.474 e. The summed E-state index contributed by atoms with van der Waals surface area (Å²) < 4.78 is 20.1. The SMILES string of the molecule is NC(=O)[C@@H]1C[C@](Oc2cc(F)cc(Br)c2I)(C(N)=O)CN1C(=O)O. The molecule has 1 fully saturated rings. The van der Waals surface area contributed by atoms with E-state index in [1.165, 1.54) is 6.07 Å². The van der Waals surface area contributed by atoms with E-state index in [2.05, 4.69) is 15.9 Å². The van der Waals surface area contributed by atoms with Gasteiger partial charge < -0.3 is 21.3 Å². The molecule has 24 heavy (non-hydrogen) atoms. The minimum Gasteiger partial charge on any atom is -0.474 e. The van der Waals surface area contributed by atoms with E-state index in [-0.39, 0.29) is 12.2 Å². The van der Waals surface area contributed by atoms with Crippen molar-refractivity contribution >= 4 is 56.4 Å². The third kappa shape index (κ3) is 3.41. The molecule has 1 aromatic carbocycles. The van der Waals surface area contributed by atoms with Gasteiger partial charge in [-0.25, -0.2) is 9.18 Å². The molecule has 1 aliphatic heterocycles. The molecule has 0 aliphatic carbocycles. The predicted molar refractivity (Wildman–Crippen MR) is 91.7 cm³/mol. The van der Waals surface area contributed by atoms with Crippen LogP contribution in [0.3, 0.4) is 0 Å². The monoisotopic (exact) mass is 515 g/mol. The lowest BCUT2D eigenvalue weighted by atomic mass is 9.98. The van der Waals surface area contributed by atoms with E-state index in [4.69, 9.17) is 16.2 Å². The first-order chi connectivity index (χ1) is 11.1. The van der Waals surface area contributed by atoms with E-state index in [9.17, 15) is 23.9 Å². The molecule has 1 aromatic rings. The van der Waals surface area contributed by atoms with Gasteiger partial charge in [0.25, 0.3) is 5.91 Å². The number of hydrogen-bond acceptors (Lipinski definition) is 4. The van der Waals surface area contributed by atoms with E-state index < -0.39 is 41.9 Å². The van der Waals surface area contributed by atoms with Crippen LogP contribution in [0.15, 0.2) is 16.6 Å². The molecule has 2 atom stereocenters. The first kappa shape index (κ1) is 18.7. The normalized spacial score (nSPS) is 23.1. The Morgan fingerprint density at radius 2 is 2.04 bits per heavy atom. The first-order valence-electron chi connectivity index (χ1n) is 6.50. The minimum absolute atomic E-state index is 0.00302. The van der Waals surface area contributed by atoms with Crippen molar-refractivity contribution in [3.63, 3.8) is 0 Å². The zero-order chi connectivity index (χ0) is 18.2. The highest BCUT2D eigenvalue weighted by molar-refractivity contribution is 14.1. The van der Waals surface area contributed by atoms with Crippen LogP contribution in [0.4, 0.5) is 9.18 Å². The Bertz CT molecular complexity index is 710. The van der Waals surface area contributed by atoms with Crippen molar-refractivity contribution in [3.05, 3.63) is 26.0 Å². The summed E-state index contributed by atoms with van der Waals surface area (Å²) in [6.07, 6.45) is -1.80. The molecule has 0 unspecified atom stereocenters. The van der Waals surface area contributed by atoms with Crippen LogP contribution in [0.25, 0.3) is 0 Å². The molecule has 8 nitrogen and oxygen atoms in total. The van der Waals surface area contributed by atoms with E-state index in [1.54, 1.807) is 0 Å². The summed E-state index contributed by atoms with van der Waals surface area (Å²) in [7, 11) is 0. The molecule has 11 heteroatoms. The number of hydrogen-bond donors (Lipinski definition) is 3. The fourth-order valence-corrected chi connectivity index (χ4v) is 3.28. The fraction of sp³-hybridized carbons (Fsp3) is 0.308. The van der Waals surface area contributed by atoms with Gasteiger partial charge in [-0.2, -0.15) is 0 Å². The number of nitrogens with zero attached hydrogens (tertiary/aromatic N) is 1. The lowest BCUT2D eigenvalue weighted by Crippen LogP contribution is -2.51. The van der Waals surface area contributed by atoms with Crippen LogP contribution in [0.5, 0.6) is 5.75 Å². The van der Waals surface area contributed by atoms with Crippen LogP contribution in [0, 0.1) is 9.39 Å². The maximum absolute atomic E-state index is 13.6. The zero-order valence-electron chi connectivity index (χ0n) is 12.0. The van der Waals surface area contributed by atoms with Gasteiger partial charge in [0.05, 0.1) is 10.1 Å². The maximum atomic E-state index is 13.6. The van der Waals surface area contributed by atoms with Crippen molar-refractivity contribution in [1.82, 2.24) is 4.90 Å². The van der Waals surface area contributed by atoms with Crippen LogP contribution >= 0.6 is 38.5 Å². The van der Waals surface area contributed by atoms with Crippen LogP contribution in [0.1, 0.15) is 6.42 Å². The second-order valence-corrected chi connectivity index (χ2v) is 7.13. The summed E-state index contributed by atoms with van der Waals surface area (Å²) in [4.78, 5) is 35.4. The minimum atomic E-state index is -1.83. The summed E-state index contributed by atoms with van der Waals surface area (Å²) in [6, 6.07) is 0.972. The predicted octanol–water partition coefficient (Wildman–Crippen LogP) is 1.03. The summed E-state index contributed by atoms with van der Waals surface area (Å²) in [6.45, 7) is -0.491. The molecular formula is C13H12BrFIN3O5. The summed E-state index contributed by atoms with van der Waals surface area (Å²) >= 11 is 5.01. The quantitative estimate of drug-likeness (QED) is 0.406. The van der Waals surface area contributed by atoms with Crippen molar-refractivity contribution in [2.45, 2.75) is 18.1 Å². The van der Waals surface area contributed by atoms with Gasteiger partial charge in [0.1, 0.15) is 17.6 Å². The van der Waals surface area contributed by atoms with Crippen LogP contribution in [-0.4, -0.2) is 46.1 Å². The average molecular weight is 516 g/mol. The second-order valence-electron chi connectivity index (χ2n) is 5.19. The lowest BCUT2D eigenvalue weighted by Gasteiger charge is -2.27. The number of nitrogens with two attached hydrogens (primary N) is 2. The van der Waals surface area contributed by atoms with E-state index in [0.717, 1.165) is 6.07 Å². The Labute approximate surface area is 157 Å². The van der Waals surface area contributed by atoms with Gasteiger partial charge in [-0.3, -0.25) is 14.5 Å². The highest BCUT2D eigenvalue weighted by Gasteiger charge is 2.54. The van der Waals surface area contributed by atoms with Crippen molar-refractivity contribution in [2.24, 2.45) is 11.5 Å². The van der Waals surface area contributed by atoms with Gasteiger partial charge >= 0.3 is 6.09 Å². The Kier molecular flexibility index (Phi) is 5.22. The third-order valence-corrected chi connectivity index (χ3v) is 6.09. The molecule has 5 N–H and O–H groups in total. The standard InChI is InChI=1S/C13H12BrFIN3O5/c14-6-1-5(15)2-8(9(6)16)24-13(11(18)21)3-7(10(17)20)19(4-13)12(22)23/h1-2,7H,3-4H2,(H2,17,20)(H2,18,21)(H,22,23)/t7-,13+/m0/s1. The number of carboxylic acid groups (broad SMARTS) is 1. The van der Waals surface area contributed by atoms with Gasteiger partial charge in [0.15, 0.2) is 0 Å². The Morgan fingerprint density at radius 1 is 1.42 bits per heavy atom. The van der Waals surface area contributed by atoms with Crippen LogP contribution in [-0.2, 0) is 9.59 Å². The van der Waals surface area contributed by atoms with Crippen molar-refractivity contribution in [1.29, 1.82) is 0 Å². The molecular weight excluding hydrogens is 504 g/mol. The molecule has 1 saturated heterocycles. The fourth-order valence-electron chi connectivity index (χ4n) is 2.45. The number of likely N-dealkylation sites (tertiary alicyclic amines) is 1. The highest BCUT2D eigenvalue weighted by Crippen LogP contribution is 2.37. The van der Waals surface area contributed by atoms with Gasteiger partial charge in [-0.15, -0.1) is 0 Å². The second kappa shape index (κ2) is 6.70. The van der Waals surface area contributed by atoms with E-state index >= 15 is 0 Å². The zero-order valence-corrected chi connectivity index (χ0v) is 15.7. The number of amides is 3. The van der Waals surface area contributed by atoms with Crippen LogP contribution < -0.4 is 16.2 Å². The third-order valence-electron chi connectivity index (χ3n) is 3.61. The van der Waals surface area contributed by atoms with Crippen LogP contribution in [0.2, 0.25) is 0 Å². The van der Waals surface area contributed by atoms with Gasteiger partial charge in [0, 0.05) is 17.0 Å². The summed E-state index contributed by atoms with van der Waals surface area (Å²) in [5.74, 6) is -2.54. The number of rotatable bonds is 4. The molecule has 2 rings (SSSR count). The number of carbonyl (C=O) groups is 3. The lowest BCUT2D eigenvalue weighted by molar-refractivity contribution is -0.132. The molecule has 0 aromatic heterocycles. The summed E-state index contributed by atoms with van der Waals surface area (Å²) in [5.41, 5.74) is 8.76. The molecule has 0 radical (unpaired) electrons. The van der Waals surface area contributed by atoms with E-state index in [0.29, 0.717) is 12.9 Å². The Balaban J connectivity index is 2.46. The van der Waals surface area contributed by atoms with Crippen molar-refractivity contribution in [3.8, 4) is 5.75 Å². The highest BCUT2D eigenvalue weighted by atomic mass is 127. The average Bonchev–Trinajstić information content (AvgIpc) is 2.86. The molecule has 1 heterocycles. The molecule has 0 saturated carbocycles. The number of primary amides is 2. The Hall–Kier alpha value is -1.63. The number of benzene rings is 1. The molecule has 0 spiro atoms. The smallest absolute Gasteiger partial charge is 0.408 e. The molecule has 3 amide bonds. The first-order valence-corrected chi connectivity index (χ1v) is 8.37. The molecule has 0 bridgehead atoms. The number of halogens is 3. The Morgan fingerprint density at radius 3 is 2.50 bits per heavy atom. The number of carbonyl (C=O) groups excluding carboxylic acids is 2. The number of ether oxygens (including phenoxy) is 1. The maximum Gasteiger partial charge on any atom is 0.408 e. The van der Waals surface area contributed by atoms with Crippen molar-refractivity contribution in [2.75, 3.05) is 6.54 Å². The molecule has 1 aliphatic rings. The topological polar surface area (TPSA) is 136 Å². The summed E-state index contributed by atoms with van der Waals surface area (Å²) in [5, 5.41) is 9.20. The van der Waals surface area contributed by atoms with Crippen molar-refractivity contribution < 1.29 is 28.6 Å².